The lowest BCUT2D eigenvalue weighted by Crippen LogP contribution is -2.10. The Kier molecular flexibility index (Phi) is 7.28. The van der Waals surface area contributed by atoms with E-state index in [2.05, 4.69) is 114 Å². The van der Waals surface area contributed by atoms with Gasteiger partial charge in [0.1, 0.15) is 11.2 Å². The van der Waals surface area contributed by atoms with Crippen LogP contribution in [0.4, 0.5) is 17.1 Å². The van der Waals surface area contributed by atoms with Crippen molar-refractivity contribution in [2.45, 2.75) is 0 Å². The average molecular weight is 723 g/mol. The van der Waals surface area contributed by atoms with Crippen LogP contribution in [0.1, 0.15) is 0 Å². The molecule has 11 aromatic rings. The first-order valence-corrected chi connectivity index (χ1v) is 19.1. The fourth-order valence-corrected chi connectivity index (χ4v) is 8.88. The fraction of sp³-hybridized carbons (Fsp3) is 0. The molecule has 0 aliphatic carbocycles. The van der Waals surface area contributed by atoms with E-state index in [1.807, 2.05) is 84.1 Å². The molecule has 0 saturated heterocycles. The van der Waals surface area contributed by atoms with Gasteiger partial charge in [-0.2, -0.15) is 0 Å². The van der Waals surface area contributed by atoms with Crippen molar-refractivity contribution in [3.63, 3.8) is 0 Å². The van der Waals surface area contributed by atoms with Crippen molar-refractivity contribution in [3.05, 3.63) is 182 Å². The fourth-order valence-electron chi connectivity index (χ4n) is 7.75. The maximum atomic E-state index is 6.72. The van der Waals surface area contributed by atoms with Gasteiger partial charge in [0, 0.05) is 65.1 Å². The quantitative estimate of drug-likeness (QED) is 0.171. The molecule has 3 heterocycles. The number of hydrogen-bond donors (Lipinski definition) is 0. The molecule has 258 valence electrons. The summed E-state index contributed by atoms with van der Waals surface area (Å²) in [6, 6.07) is 63.3. The molecule has 0 spiro atoms. The van der Waals surface area contributed by atoms with Gasteiger partial charge in [-0.15, -0.1) is 11.3 Å². The number of aromatic nitrogens is 3. The number of rotatable bonds is 6. The molecule has 0 unspecified atom stereocenters. The van der Waals surface area contributed by atoms with E-state index in [0.717, 1.165) is 55.7 Å². The highest BCUT2D eigenvalue weighted by atomic mass is 32.1. The van der Waals surface area contributed by atoms with E-state index in [4.69, 9.17) is 19.4 Å². The molecular weight excluding hydrogens is 693 g/mol. The SMILES string of the molecule is c1ccc(-c2nc(-c3ccccc3)nc(-c3cccc4oc5cc(N(c6ccc7ccccc7c6)c6cccc7sc8ccccc8c67)ccc5c34)n2)cc1. The summed E-state index contributed by atoms with van der Waals surface area (Å²) in [5.41, 5.74) is 7.51. The van der Waals surface area contributed by atoms with Crippen LogP contribution < -0.4 is 4.90 Å². The van der Waals surface area contributed by atoms with E-state index in [0.29, 0.717) is 17.5 Å². The number of nitrogens with zero attached hydrogens (tertiary/aromatic N) is 4. The molecule has 55 heavy (non-hydrogen) atoms. The molecule has 0 fully saturated rings. The van der Waals surface area contributed by atoms with Crippen LogP contribution in [-0.2, 0) is 0 Å². The second-order valence-corrected chi connectivity index (χ2v) is 14.7. The van der Waals surface area contributed by atoms with Crippen LogP contribution in [-0.4, -0.2) is 15.0 Å². The van der Waals surface area contributed by atoms with Gasteiger partial charge in [0.15, 0.2) is 17.5 Å². The summed E-state index contributed by atoms with van der Waals surface area (Å²) in [4.78, 5) is 17.4. The van der Waals surface area contributed by atoms with Crippen molar-refractivity contribution in [2.75, 3.05) is 4.90 Å². The second-order valence-electron chi connectivity index (χ2n) is 13.6. The van der Waals surface area contributed by atoms with E-state index in [1.54, 1.807) is 0 Å². The standard InChI is InChI=1S/C49H30N4OS/c1-3-14-32(15-4-1)47-50-48(33-16-5-2-6-17-33)52-49(51-47)39-20-11-22-41-45(39)37-28-27-36(30-42(37)54-41)53(35-26-25-31-13-7-8-18-34(31)29-35)40-21-12-24-44-46(40)38-19-9-10-23-43(38)55-44/h1-30H. The molecular formula is C49H30N4OS. The van der Waals surface area contributed by atoms with Gasteiger partial charge in [-0.25, -0.2) is 15.0 Å². The summed E-state index contributed by atoms with van der Waals surface area (Å²) >= 11 is 1.83. The smallest absolute Gasteiger partial charge is 0.164 e. The van der Waals surface area contributed by atoms with E-state index in [-0.39, 0.29) is 0 Å². The van der Waals surface area contributed by atoms with E-state index in [1.165, 1.54) is 30.9 Å². The Morgan fingerprint density at radius 2 is 1.05 bits per heavy atom. The van der Waals surface area contributed by atoms with Gasteiger partial charge in [0.2, 0.25) is 0 Å². The molecule has 0 N–H and O–H groups in total. The topological polar surface area (TPSA) is 55.1 Å². The summed E-state index contributed by atoms with van der Waals surface area (Å²) in [7, 11) is 0. The molecule has 0 bridgehead atoms. The molecule has 0 radical (unpaired) electrons. The molecule has 3 aromatic heterocycles. The average Bonchev–Trinajstić information content (AvgIpc) is 3.83. The number of furan rings is 1. The molecule has 0 amide bonds. The van der Waals surface area contributed by atoms with Crippen molar-refractivity contribution in [1.29, 1.82) is 0 Å². The van der Waals surface area contributed by atoms with E-state index < -0.39 is 0 Å². The summed E-state index contributed by atoms with van der Waals surface area (Å²) < 4.78 is 9.25. The first-order valence-electron chi connectivity index (χ1n) is 18.3. The highest BCUT2D eigenvalue weighted by molar-refractivity contribution is 7.26. The number of fused-ring (bicyclic) bond motifs is 7. The molecule has 5 nitrogen and oxygen atoms in total. The van der Waals surface area contributed by atoms with Gasteiger partial charge < -0.3 is 9.32 Å². The van der Waals surface area contributed by atoms with Crippen LogP contribution in [0, 0.1) is 0 Å². The maximum Gasteiger partial charge on any atom is 0.164 e. The highest BCUT2D eigenvalue weighted by Crippen LogP contribution is 2.46. The lowest BCUT2D eigenvalue weighted by molar-refractivity contribution is 0.669. The Balaban J connectivity index is 1.12. The van der Waals surface area contributed by atoms with Gasteiger partial charge in [-0.3, -0.25) is 0 Å². The third-order valence-electron chi connectivity index (χ3n) is 10.3. The van der Waals surface area contributed by atoms with Crippen molar-refractivity contribution >= 4 is 81.3 Å². The first-order chi connectivity index (χ1) is 27.2. The largest absolute Gasteiger partial charge is 0.456 e. The van der Waals surface area contributed by atoms with Crippen molar-refractivity contribution in [1.82, 2.24) is 15.0 Å². The Labute approximate surface area is 320 Å². The van der Waals surface area contributed by atoms with E-state index in [9.17, 15) is 0 Å². The third kappa shape index (κ3) is 5.34. The third-order valence-corrected chi connectivity index (χ3v) is 11.4. The summed E-state index contributed by atoms with van der Waals surface area (Å²) in [6.07, 6.45) is 0. The van der Waals surface area contributed by atoms with E-state index >= 15 is 0 Å². The van der Waals surface area contributed by atoms with Crippen molar-refractivity contribution in [2.24, 2.45) is 0 Å². The van der Waals surface area contributed by atoms with Crippen LogP contribution >= 0.6 is 11.3 Å². The number of hydrogen-bond acceptors (Lipinski definition) is 6. The van der Waals surface area contributed by atoms with Crippen molar-refractivity contribution < 1.29 is 4.42 Å². The molecule has 0 aliphatic heterocycles. The Hall–Kier alpha value is -7.15. The number of benzene rings is 8. The van der Waals surface area contributed by atoms with Gasteiger partial charge in [0.25, 0.3) is 0 Å². The minimum atomic E-state index is 0.596. The van der Waals surface area contributed by atoms with Gasteiger partial charge in [-0.1, -0.05) is 127 Å². The van der Waals surface area contributed by atoms with Crippen LogP contribution in [0.5, 0.6) is 0 Å². The minimum absolute atomic E-state index is 0.596. The predicted molar refractivity (Wildman–Crippen MR) is 228 cm³/mol. The highest BCUT2D eigenvalue weighted by Gasteiger charge is 2.22. The zero-order valence-electron chi connectivity index (χ0n) is 29.4. The Bertz CT molecular complexity index is 3170. The van der Waals surface area contributed by atoms with Crippen LogP contribution in [0.15, 0.2) is 186 Å². The summed E-state index contributed by atoms with van der Waals surface area (Å²) in [6.45, 7) is 0. The van der Waals surface area contributed by atoms with Gasteiger partial charge in [-0.05, 0) is 59.3 Å². The molecule has 8 aromatic carbocycles. The van der Waals surface area contributed by atoms with Gasteiger partial charge in [0.05, 0.1) is 5.69 Å². The zero-order valence-corrected chi connectivity index (χ0v) is 30.2. The molecule has 11 rings (SSSR count). The molecule has 0 aliphatic rings. The van der Waals surface area contributed by atoms with Gasteiger partial charge >= 0.3 is 0 Å². The predicted octanol–water partition coefficient (Wildman–Crippen LogP) is 13.8. The van der Waals surface area contributed by atoms with Crippen molar-refractivity contribution in [3.8, 4) is 34.2 Å². The monoisotopic (exact) mass is 722 g/mol. The molecule has 6 heteroatoms. The lowest BCUT2D eigenvalue weighted by atomic mass is 10.0. The maximum absolute atomic E-state index is 6.72. The molecule has 0 atom stereocenters. The minimum Gasteiger partial charge on any atom is -0.456 e. The Morgan fingerprint density at radius 1 is 0.418 bits per heavy atom. The molecule has 0 saturated carbocycles. The summed E-state index contributed by atoms with van der Waals surface area (Å²) in [5, 5.41) is 6.84. The normalized spacial score (nSPS) is 11.6. The Morgan fingerprint density at radius 3 is 1.85 bits per heavy atom. The van der Waals surface area contributed by atoms with Crippen LogP contribution in [0.25, 0.3) is 87.0 Å². The van der Waals surface area contributed by atoms with Crippen LogP contribution in [0.3, 0.4) is 0 Å². The first kappa shape index (κ1) is 31.4. The number of anilines is 3. The van der Waals surface area contributed by atoms with Crippen LogP contribution in [0.2, 0.25) is 0 Å². The summed E-state index contributed by atoms with van der Waals surface area (Å²) in [5.74, 6) is 1.84. The zero-order chi connectivity index (χ0) is 36.3. The number of thiophene rings is 1. The second kappa shape index (κ2) is 12.8. The lowest BCUT2D eigenvalue weighted by Gasteiger charge is -2.27.